The first kappa shape index (κ1) is 25.0. The number of nitrogens with two attached hydrogens (primary N) is 1. The highest BCUT2D eigenvalue weighted by atomic mass is 32.1. The number of aromatic nitrogens is 4. The van der Waals surface area contributed by atoms with Crippen molar-refractivity contribution in [1.82, 2.24) is 20.0 Å². The fourth-order valence-electron chi connectivity index (χ4n) is 4.86. The smallest absolute Gasteiger partial charge is 0.350 e. The van der Waals surface area contributed by atoms with Gasteiger partial charge in [0, 0.05) is 27.6 Å². The third-order valence-electron chi connectivity index (χ3n) is 6.49. The van der Waals surface area contributed by atoms with Crippen LogP contribution >= 0.6 is 11.3 Å². The lowest BCUT2D eigenvalue weighted by molar-refractivity contribution is -0.129. The van der Waals surface area contributed by atoms with Gasteiger partial charge in [-0.1, -0.05) is 95.3 Å². The van der Waals surface area contributed by atoms with Gasteiger partial charge in [0.15, 0.2) is 11.3 Å². The number of oxime groups is 1. The van der Waals surface area contributed by atoms with Gasteiger partial charge < -0.3 is 15.7 Å². The van der Waals surface area contributed by atoms with Crippen LogP contribution in [0, 0.1) is 0 Å². The predicted molar refractivity (Wildman–Crippen MR) is 154 cm³/mol. The van der Waals surface area contributed by atoms with Crippen molar-refractivity contribution in [3.05, 3.63) is 125 Å². The monoisotopic (exact) mass is 546 g/mol. The third-order valence-corrected chi connectivity index (χ3v) is 7.17. The molecule has 196 valence electrons. The van der Waals surface area contributed by atoms with E-state index in [-0.39, 0.29) is 0 Å². The van der Waals surface area contributed by atoms with Crippen molar-refractivity contribution in [1.29, 1.82) is 0 Å². The first-order valence-corrected chi connectivity index (χ1v) is 13.2. The van der Waals surface area contributed by atoms with E-state index in [9.17, 15) is 9.90 Å². The molecule has 3 N–H and O–H groups in total. The second kappa shape index (κ2) is 10.4. The number of fused-ring (bicyclic) bond motifs is 1. The summed E-state index contributed by atoms with van der Waals surface area (Å²) in [5.74, 6) is -1.23. The van der Waals surface area contributed by atoms with E-state index in [2.05, 4.69) is 20.5 Å². The molecule has 0 saturated heterocycles. The lowest BCUT2D eigenvalue weighted by atomic mass is 9.77. The average Bonchev–Trinajstić information content (AvgIpc) is 3.62. The minimum absolute atomic E-state index is 0.397. The van der Waals surface area contributed by atoms with Crippen LogP contribution in [-0.4, -0.2) is 37.3 Å². The maximum atomic E-state index is 11.4. The highest BCUT2D eigenvalue weighted by molar-refractivity contribution is 7.13. The van der Waals surface area contributed by atoms with Crippen LogP contribution in [0.1, 0.15) is 16.7 Å². The molecule has 4 aromatic carbocycles. The maximum Gasteiger partial charge on any atom is 0.350 e. The summed E-state index contributed by atoms with van der Waals surface area (Å²) in [7, 11) is 0. The molecule has 0 aliphatic carbocycles. The molecule has 0 fully saturated rings. The normalized spacial score (nSPS) is 11.7. The van der Waals surface area contributed by atoms with Crippen LogP contribution in [0.4, 0.5) is 5.13 Å². The fourth-order valence-corrected chi connectivity index (χ4v) is 5.41. The zero-order chi connectivity index (χ0) is 27.5. The molecule has 0 unspecified atom stereocenters. The Morgan fingerprint density at radius 1 is 0.925 bits per heavy atom. The molecule has 2 heterocycles. The number of carbonyl (C=O) groups is 1. The van der Waals surface area contributed by atoms with Gasteiger partial charge in [0.2, 0.25) is 5.60 Å². The van der Waals surface area contributed by atoms with Crippen molar-refractivity contribution in [3.63, 3.8) is 0 Å². The number of hydrogen-bond acceptors (Lipinski definition) is 8. The first-order chi connectivity index (χ1) is 19.6. The van der Waals surface area contributed by atoms with E-state index in [4.69, 9.17) is 10.6 Å². The van der Waals surface area contributed by atoms with Gasteiger partial charge in [-0.25, -0.2) is 14.5 Å². The number of hydrogen-bond donors (Lipinski definition) is 2. The summed E-state index contributed by atoms with van der Waals surface area (Å²) < 4.78 is 1.75. The van der Waals surface area contributed by atoms with E-state index in [0.29, 0.717) is 27.6 Å². The molecule has 6 rings (SSSR count). The molecule has 40 heavy (non-hydrogen) atoms. The molecule has 10 heteroatoms. The summed E-state index contributed by atoms with van der Waals surface area (Å²) in [4.78, 5) is 22.4. The number of nitrogen functional groups attached to an aromatic ring is 1. The Hall–Kier alpha value is -5.35. The molecule has 0 aliphatic heterocycles. The summed E-state index contributed by atoms with van der Waals surface area (Å²) in [5.41, 5.74) is 10.4. The second-order valence-corrected chi connectivity index (χ2v) is 9.73. The molecule has 0 aliphatic rings. The highest BCUT2D eigenvalue weighted by Gasteiger charge is 2.43. The molecule has 0 spiro atoms. The number of benzene rings is 4. The van der Waals surface area contributed by atoms with Crippen molar-refractivity contribution in [2.45, 2.75) is 5.60 Å². The number of nitrogens with zero attached hydrogens (tertiary/aromatic N) is 5. The van der Waals surface area contributed by atoms with Gasteiger partial charge in [-0.15, -0.1) is 16.4 Å². The number of carboxylic acid groups (broad SMARTS) is 1. The largest absolute Gasteiger partial charge is 0.477 e. The van der Waals surface area contributed by atoms with Gasteiger partial charge in [0.05, 0.1) is 16.9 Å². The van der Waals surface area contributed by atoms with Crippen LogP contribution in [0.15, 0.2) is 114 Å². The summed E-state index contributed by atoms with van der Waals surface area (Å²) in [5, 5.41) is 24.4. The number of aliphatic carboxylic acids is 1. The molecule has 0 saturated carbocycles. The average molecular weight is 547 g/mol. The summed E-state index contributed by atoms with van der Waals surface area (Å²) in [6.45, 7) is 0. The zero-order valence-corrected chi connectivity index (χ0v) is 21.8. The minimum atomic E-state index is -1.38. The summed E-state index contributed by atoms with van der Waals surface area (Å²) in [6, 6.07) is 32.5. The summed E-state index contributed by atoms with van der Waals surface area (Å²) >= 11 is 1.31. The zero-order valence-electron chi connectivity index (χ0n) is 21.0. The first-order valence-electron chi connectivity index (χ1n) is 12.3. The van der Waals surface area contributed by atoms with Crippen molar-refractivity contribution < 1.29 is 14.7 Å². The number of thiazole rings is 1. The Labute approximate surface area is 232 Å². The van der Waals surface area contributed by atoms with Gasteiger partial charge in [0.25, 0.3) is 0 Å². The number of rotatable bonds is 8. The SMILES string of the molecule is Nc1nc(-c2c(-n3nnc4ccccc43)cccc2C(ON=CC(=O)O)(c2ccccc2)c2ccccc2)cs1. The minimum Gasteiger partial charge on any atom is -0.477 e. The molecule has 0 radical (unpaired) electrons. The molecular weight excluding hydrogens is 524 g/mol. The molecule has 0 atom stereocenters. The number of carboxylic acids is 1. The molecule has 0 bridgehead atoms. The second-order valence-electron chi connectivity index (χ2n) is 8.84. The Balaban J connectivity index is 1.74. The van der Waals surface area contributed by atoms with Crippen LogP contribution < -0.4 is 5.73 Å². The topological polar surface area (TPSA) is 129 Å². The van der Waals surface area contributed by atoms with Crippen LogP contribution in [0.3, 0.4) is 0 Å². The van der Waals surface area contributed by atoms with E-state index < -0.39 is 11.6 Å². The van der Waals surface area contributed by atoms with Gasteiger partial charge in [0.1, 0.15) is 5.52 Å². The van der Waals surface area contributed by atoms with Crippen molar-refractivity contribution in [2.24, 2.45) is 5.16 Å². The van der Waals surface area contributed by atoms with Crippen molar-refractivity contribution in [2.75, 3.05) is 5.73 Å². The standard InChI is InChI=1S/C30H22N6O3S/c31-29-33-24(19-40-29)28-22(14-9-17-26(28)36-25-16-8-7-15-23(25)34-35-36)30(39-32-18-27(37)38,20-10-3-1-4-11-20)21-12-5-2-6-13-21/h1-19H,(H2,31,33)(H,37,38). The molecule has 0 amide bonds. The highest BCUT2D eigenvalue weighted by Crippen LogP contribution is 2.47. The molecule has 2 aromatic heterocycles. The van der Waals surface area contributed by atoms with Gasteiger partial charge in [-0.05, 0) is 18.2 Å². The Morgan fingerprint density at radius 3 is 2.25 bits per heavy atom. The maximum absolute atomic E-state index is 11.4. The Morgan fingerprint density at radius 2 is 1.60 bits per heavy atom. The lowest BCUT2D eigenvalue weighted by Crippen LogP contribution is -2.32. The number of anilines is 1. The van der Waals surface area contributed by atoms with E-state index >= 15 is 0 Å². The van der Waals surface area contributed by atoms with Crippen LogP contribution in [0.2, 0.25) is 0 Å². The van der Waals surface area contributed by atoms with E-state index in [0.717, 1.165) is 28.4 Å². The van der Waals surface area contributed by atoms with Crippen molar-refractivity contribution in [3.8, 4) is 16.9 Å². The molecule has 6 aromatic rings. The van der Waals surface area contributed by atoms with Crippen molar-refractivity contribution >= 4 is 39.7 Å². The van der Waals surface area contributed by atoms with Gasteiger partial charge in [-0.2, -0.15) is 0 Å². The Kier molecular flexibility index (Phi) is 6.51. The van der Waals surface area contributed by atoms with Crippen LogP contribution in [-0.2, 0) is 15.2 Å². The van der Waals surface area contributed by atoms with Gasteiger partial charge in [-0.3, -0.25) is 0 Å². The van der Waals surface area contributed by atoms with E-state index in [1.54, 1.807) is 4.68 Å². The van der Waals surface area contributed by atoms with Crippen LogP contribution in [0.5, 0.6) is 0 Å². The molecular formula is C30H22N6O3S. The van der Waals surface area contributed by atoms with Gasteiger partial charge >= 0.3 is 5.97 Å². The molecule has 9 nitrogen and oxygen atoms in total. The van der Waals surface area contributed by atoms with E-state index in [1.165, 1.54) is 11.3 Å². The Bertz CT molecular complexity index is 1790. The van der Waals surface area contributed by atoms with E-state index in [1.807, 2.05) is 109 Å². The summed E-state index contributed by atoms with van der Waals surface area (Å²) in [6.07, 6.45) is 0.732. The number of para-hydroxylation sites is 1. The predicted octanol–water partition coefficient (Wildman–Crippen LogP) is 5.51. The fraction of sp³-hybridized carbons (Fsp3) is 0.0333. The third kappa shape index (κ3) is 4.36. The quantitative estimate of drug-likeness (QED) is 0.146. The van der Waals surface area contributed by atoms with Crippen LogP contribution in [0.25, 0.3) is 28.0 Å². The lowest BCUT2D eigenvalue weighted by Gasteiger charge is -2.35.